The fourth-order valence-corrected chi connectivity index (χ4v) is 3.23. The van der Waals surface area contributed by atoms with Crippen LogP contribution < -0.4 is 0 Å². The number of carbonyl (C=O) groups excluding carboxylic acids is 2. The summed E-state index contributed by atoms with van der Waals surface area (Å²) < 4.78 is 17.8. The minimum Gasteiger partial charge on any atom is -0.457 e. The molecule has 0 atom stereocenters. The maximum absolute atomic E-state index is 12.8. The van der Waals surface area contributed by atoms with Crippen molar-refractivity contribution in [1.29, 1.82) is 5.26 Å². The summed E-state index contributed by atoms with van der Waals surface area (Å²) >= 11 is 1.30. The molecule has 0 fully saturated rings. The molecule has 0 saturated carbocycles. The maximum atomic E-state index is 12.8. The minimum atomic E-state index is -0.518. The molecule has 134 valence electrons. The molecule has 26 heavy (non-hydrogen) atoms. The molecule has 2 rings (SSSR count). The Hall–Kier alpha value is -2.72. The number of nitrogens with zero attached hydrogens (tertiary/aromatic N) is 2. The van der Waals surface area contributed by atoms with Gasteiger partial charge in [-0.1, -0.05) is 0 Å². The minimum absolute atomic E-state index is 0.0842. The number of rotatable bonds is 7. The normalized spacial score (nSPS) is 10.2. The van der Waals surface area contributed by atoms with Crippen molar-refractivity contribution >= 4 is 23.5 Å². The highest BCUT2D eigenvalue weighted by Crippen LogP contribution is 2.24. The van der Waals surface area contributed by atoms with E-state index in [-0.39, 0.29) is 18.6 Å². The van der Waals surface area contributed by atoms with Gasteiger partial charge in [0.1, 0.15) is 16.9 Å². The van der Waals surface area contributed by atoms with Gasteiger partial charge in [0.25, 0.3) is 0 Å². The number of hydrogen-bond donors (Lipinski definition) is 0. The number of hydrogen-bond acceptors (Lipinski definition) is 6. The van der Waals surface area contributed by atoms with Gasteiger partial charge in [0.15, 0.2) is 12.4 Å². The Morgan fingerprint density at radius 1 is 1.27 bits per heavy atom. The van der Waals surface area contributed by atoms with Crippen LogP contribution in [0.1, 0.15) is 33.6 Å². The van der Waals surface area contributed by atoms with Crippen molar-refractivity contribution in [3.63, 3.8) is 0 Å². The molecule has 0 N–H and O–H groups in total. The van der Waals surface area contributed by atoms with Gasteiger partial charge in [-0.2, -0.15) is 5.26 Å². The molecule has 0 aliphatic rings. The number of aryl methyl sites for hydroxylation is 2. The molecule has 0 radical (unpaired) electrons. The standard InChI is InChI=1S/C19H17FN2O3S/c1-12-9-13(2)22-19(16(12)10-21)26-8-7-18(24)25-11-17(23)14-3-5-15(20)6-4-14/h3-6,9H,7-8,11H2,1-2H3. The van der Waals surface area contributed by atoms with Gasteiger partial charge < -0.3 is 4.74 Å². The summed E-state index contributed by atoms with van der Waals surface area (Å²) in [6, 6.07) is 8.99. The van der Waals surface area contributed by atoms with Gasteiger partial charge in [0.2, 0.25) is 0 Å². The number of halogens is 1. The van der Waals surface area contributed by atoms with E-state index in [1.165, 1.54) is 36.0 Å². The Morgan fingerprint density at radius 3 is 2.62 bits per heavy atom. The van der Waals surface area contributed by atoms with Gasteiger partial charge in [-0.15, -0.1) is 11.8 Å². The third-order valence-corrected chi connectivity index (χ3v) is 4.48. The van der Waals surface area contributed by atoms with Gasteiger partial charge >= 0.3 is 5.97 Å². The third-order valence-electron chi connectivity index (χ3n) is 3.50. The monoisotopic (exact) mass is 372 g/mol. The second kappa shape index (κ2) is 9.11. The van der Waals surface area contributed by atoms with Crippen LogP contribution in [0.25, 0.3) is 0 Å². The van der Waals surface area contributed by atoms with E-state index < -0.39 is 17.6 Å². The second-order valence-electron chi connectivity index (χ2n) is 5.56. The van der Waals surface area contributed by atoms with Crippen molar-refractivity contribution < 1.29 is 18.7 Å². The van der Waals surface area contributed by atoms with E-state index in [2.05, 4.69) is 11.1 Å². The average molecular weight is 372 g/mol. The maximum Gasteiger partial charge on any atom is 0.307 e. The molecule has 0 bridgehead atoms. The molecule has 0 amide bonds. The van der Waals surface area contributed by atoms with Crippen molar-refractivity contribution in [2.45, 2.75) is 25.3 Å². The molecule has 5 nitrogen and oxygen atoms in total. The molecule has 1 aromatic heterocycles. The van der Waals surface area contributed by atoms with E-state index >= 15 is 0 Å². The first kappa shape index (κ1) is 19.6. The first-order chi connectivity index (χ1) is 12.4. The lowest BCUT2D eigenvalue weighted by Gasteiger charge is -2.07. The summed E-state index contributed by atoms with van der Waals surface area (Å²) in [4.78, 5) is 28.0. The number of thioether (sulfide) groups is 1. The van der Waals surface area contributed by atoms with E-state index in [9.17, 15) is 19.2 Å². The van der Waals surface area contributed by atoms with Crippen molar-refractivity contribution in [2.75, 3.05) is 12.4 Å². The van der Waals surface area contributed by atoms with E-state index in [0.29, 0.717) is 16.3 Å². The lowest BCUT2D eigenvalue weighted by atomic mass is 10.1. The van der Waals surface area contributed by atoms with Crippen LogP contribution in [0, 0.1) is 31.0 Å². The molecule has 7 heteroatoms. The number of esters is 1. The molecular weight excluding hydrogens is 355 g/mol. The lowest BCUT2D eigenvalue weighted by molar-refractivity contribution is -0.141. The zero-order chi connectivity index (χ0) is 19.1. The van der Waals surface area contributed by atoms with Crippen LogP contribution in [-0.2, 0) is 9.53 Å². The number of carbonyl (C=O) groups is 2. The Morgan fingerprint density at radius 2 is 1.96 bits per heavy atom. The van der Waals surface area contributed by atoms with Crippen molar-refractivity contribution in [2.24, 2.45) is 0 Å². The van der Waals surface area contributed by atoms with Gasteiger partial charge in [0.05, 0.1) is 12.0 Å². The largest absolute Gasteiger partial charge is 0.457 e. The molecule has 2 aromatic rings. The summed E-state index contributed by atoms with van der Waals surface area (Å²) in [6.07, 6.45) is 0.0842. The number of nitriles is 1. The Bertz CT molecular complexity index is 860. The molecule has 1 aromatic carbocycles. The summed E-state index contributed by atoms with van der Waals surface area (Å²) in [5.74, 6) is -0.967. The van der Waals surface area contributed by atoms with E-state index in [1.54, 1.807) is 0 Å². The first-order valence-corrected chi connectivity index (χ1v) is 8.85. The molecule has 1 heterocycles. The number of ketones is 1. The van der Waals surface area contributed by atoms with Crippen LogP contribution in [0.2, 0.25) is 0 Å². The Kier molecular flexibility index (Phi) is 6.87. The topological polar surface area (TPSA) is 80.0 Å². The zero-order valence-corrected chi connectivity index (χ0v) is 15.2. The fourth-order valence-electron chi connectivity index (χ4n) is 2.21. The van der Waals surface area contributed by atoms with Gasteiger partial charge in [-0.3, -0.25) is 9.59 Å². The second-order valence-corrected chi connectivity index (χ2v) is 6.65. The fraction of sp³-hybridized carbons (Fsp3) is 0.263. The highest BCUT2D eigenvalue weighted by Gasteiger charge is 2.12. The number of ether oxygens (including phenoxy) is 1. The quantitative estimate of drug-likeness (QED) is 0.420. The van der Waals surface area contributed by atoms with Crippen molar-refractivity contribution in [3.05, 3.63) is 58.5 Å². The van der Waals surface area contributed by atoms with E-state index in [1.807, 2.05) is 19.9 Å². The summed E-state index contributed by atoms with van der Waals surface area (Å²) in [5, 5.41) is 9.80. The lowest BCUT2D eigenvalue weighted by Crippen LogP contribution is -2.14. The van der Waals surface area contributed by atoms with Crippen LogP contribution in [0.5, 0.6) is 0 Å². The Labute approximate surface area is 155 Å². The van der Waals surface area contributed by atoms with Gasteiger partial charge in [0, 0.05) is 17.0 Å². The molecule has 0 aliphatic heterocycles. The Balaban J connectivity index is 1.82. The van der Waals surface area contributed by atoms with Crippen LogP contribution in [0.15, 0.2) is 35.4 Å². The predicted octanol–water partition coefficient (Wildman–Crippen LogP) is 3.62. The van der Waals surface area contributed by atoms with Crippen molar-refractivity contribution in [1.82, 2.24) is 4.98 Å². The first-order valence-electron chi connectivity index (χ1n) is 7.86. The van der Waals surface area contributed by atoms with Gasteiger partial charge in [-0.05, 0) is 49.7 Å². The molecule has 0 unspecified atom stereocenters. The summed E-state index contributed by atoms with van der Waals surface area (Å²) in [6.45, 7) is 3.29. The molecule has 0 saturated heterocycles. The van der Waals surface area contributed by atoms with Crippen molar-refractivity contribution in [3.8, 4) is 6.07 Å². The number of aromatic nitrogens is 1. The highest BCUT2D eigenvalue weighted by molar-refractivity contribution is 7.99. The van der Waals surface area contributed by atoms with E-state index in [4.69, 9.17) is 4.74 Å². The van der Waals surface area contributed by atoms with E-state index in [0.717, 1.165) is 11.3 Å². The smallest absolute Gasteiger partial charge is 0.307 e. The SMILES string of the molecule is Cc1cc(C)c(C#N)c(SCCC(=O)OCC(=O)c2ccc(F)cc2)n1. The van der Waals surface area contributed by atoms with Crippen LogP contribution in [0.3, 0.4) is 0 Å². The van der Waals surface area contributed by atoms with Crippen LogP contribution in [-0.4, -0.2) is 29.1 Å². The summed E-state index contributed by atoms with van der Waals surface area (Å²) in [7, 11) is 0. The molecule has 0 aliphatic carbocycles. The third kappa shape index (κ3) is 5.39. The number of pyridine rings is 1. The molecule has 0 spiro atoms. The van der Waals surface area contributed by atoms with Crippen LogP contribution >= 0.6 is 11.8 Å². The number of Topliss-reactive ketones (excluding diaryl/α,β-unsaturated/α-hetero) is 1. The average Bonchev–Trinajstić information content (AvgIpc) is 2.60. The highest BCUT2D eigenvalue weighted by atomic mass is 32.2. The number of benzene rings is 1. The molecular formula is C19H17FN2O3S. The van der Waals surface area contributed by atoms with Gasteiger partial charge in [-0.25, -0.2) is 9.37 Å². The zero-order valence-electron chi connectivity index (χ0n) is 14.4. The van der Waals surface area contributed by atoms with Crippen LogP contribution in [0.4, 0.5) is 4.39 Å². The predicted molar refractivity (Wildman–Crippen MR) is 95.5 cm³/mol. The summed E-state index contributed by atoms with van der Waals surface area (Å²) in [5.41, 5.74) is 2.43.